The molecule has 0 saturated heterocycles. The molecule has 1 aromatic heterocycles. The van der Waals surface area contributed by atoms with E-state index in [0.29, 0.717) is 5.95 Å². The van der Waals surface area contributed by atoms with Crippen molar-refractivity contribution in [2.24, 2.45) is 0 Å². The van der Waals surface area contributed by atoms with Gasteiger partial charge in [-0.2, -0.15) is 15.0 Å². The lowest BCUT2D eigenvalue weighted by Gasteiger charge is -2.09. The molecule has 0 spiro atoms. The molecule has 2 rings (SSSR count). The first kappa shape index (κ1) is 12.6. The molecule has 1 N–H and O–H groups in total. The third-order valence-electron chi connectivity index (χ3n) is 2.41. The Morgan fingerprint density at radius 2 is 1.94 bits per heavy atom. The number of hydrogen-bond donors (Lipinski definition) is 1. The van der Waals surface area contributed by atoms with Crippen LogP contribution in [0.25, 0.3) is 0 Å². The van der Waals surface area contributed by atoms with Crippen molar-refractivity contribution >= 4 is 23.2 Å². The van der Waals surface area contributed by atoms with Crippen LogP contribution < -0.4 is 10.1 Å². The molecule has 0 bridgehead atoms. The van der Waals surface area contributed by atoms with Crippen molar-refractivity contribution in [3.63, 3.8) is 0 Å². The molecule has 5 nitrogen and oxygen atoms in total. The van der Waals surface area contributed by atoms with Crippen molar-refractivity contribution < 1.29 is 4.74 Å². The number of nitrogens with one attached hydrogen (secondary N) is 1. The minimum atomic E-state index is 0.0923. The maximum atomic E-state index is 5.78. The molecule has 1 aromatic carbocycles. The number of aromatic nitrogens is 3. The van der Waals surface area contributed by atoms with Crippen molar-refractivity contribution in [3.8, 4) is 6.01 Å². The van der Waals surface area contributed by atoms with Gasteiger partial charge in [-0.15, -0.1) is 0 Å². The van der Waals surface area contributed by atoms with Crippen molar-refractivity contribution in [1.82, 2.24) is 15.0 Å². The molecular weight excluding hydrogens is 252 g/mol. The zero-order valence-corrected chi connectivity index (χ0v) is 11.1. The lowest BCUT2D eigenvalue weighted by Crippen LogP contribution is -2.02. The second-order valence-electron chi connectivity index (χ2n) is 3.86. The molecule has 0 radical (unpaired) electrons. The third kappa shape index (κ3) is 2.87. The van der Waals surface area contributed by atoms with E-state index in [1.54, 1.807) is 0 Å². The summed E-state index contributed by atoms with van der Waals surface area (Å²) in [5, 5.41) is 3.19. The summed E-state index contributed by atoms with van der Waals surface area (Å²) in [6.45, 7) is 4.02. The van der Waals surface area contributed by atoms with E-state index in [2.05, 4.69) is 20.3 Å². The summed E-state index contributed by atoms with van der Waals surface area (Å²) in [5.74, 6) is 0.362. The third-order valence-corrected chi connectivity index (χ3v) is 2.58. The zero-order valence-electron chi connectivity index (χ0n) is 10.4. The molecule has 2 aromatic rings. The first-order chi connectivity index (χ1) is 8.58. The van der Waals surface area contributed by atoms with Gasteiger partial charge in [-0.05, 0) is 42.6 Å². The van der Waals surface area contributed by atoms with Crippen LogP contribution in [-0.2, 0) is 0 Å². The number of halogens is 1. The molecule has 6 heteroatoms. The van der Waals surface area contributed by atoms with Crippen LogP contribution in [0.3, 0.4) is 0 Å². The standard InChI is InChI=1S/C12H13ClN4O/c1-7-4-5-8(2)9(6-7)14-11-15-10(13)16-12(17-11)18-3/h4-6H,1-3H3,(H,14,15,16,17). The van der Waals surface area contributed by atoms with E-state index in [1.165, 1.54) is 7.11 Å². The van der Waals surface area contributed by atoms with Crippen LogP contribution >= 0.6 is 11.6 Å². The average Bonchev–Trinajstić information content (AvgIpc) is 2.33. The number of anilines is 2. The molecule has 0 aliphatic rings. The topological polar surface area (TPSA) is 59.9 Å². The van der Waals surface area contributed by atoms with Crippen LogP contribution in [0.2, 0.25) is 5.28 Å². The summed E-state index contributed by atoms with van der Waals surface area (Å²) in [5.41, 5.74) is 3.17. The van der Waals surface area contributed by atoms with Crippen LogP contribution in [0.1, 0.15) is 11.1 Å². The fourth-order valence-electron chi connectivity index (χ4n) is 1.47. The lowest BCUT2D eigenvalue weighted by molar-refractivity contribution is 0.379. The second-order valence-corrected chi connectivity index (χ2v) is 4.20. The highest BCUT2D eigenvalue weighted by Crippen LogP contribution is 2.21. The van der Waals surface area contributed by atoms with E-state index in [9.17, 15) is 0 Å². The predicted octanol–water partition coefficient (Wildman–Crippen LogP) is 2.89. The molecule has 94 valence electrons. The average molecular weight is 265 g/mol. The van der Waals surface area contributed by atoms with E-state index >= 15 is 0 Å². The monoisotopic (exact) mass is 264 g/mol. The molecular formula is C12H13ClN4O. The number of aryl methyl sites for hydroxylation is 2. The van der Waals surface area contributed by atoms with Gasteiger partial charge in [0.2, 0.25) is 11.2 Å². The van der Waals surface area contributed by atoms with Crippen LogP contribution in [0.5, 0.6) is 6.01 Å². The molecule has 0 atom stereocenters. The predicted molar refractivity (Wildman–Crippen MR) is 70.6 cm³/mol. The van der Waals surface area contributed by atoms with Crippen LogP contribution in [-0.4, -0.2) is 22.1 Å². The summed E-state index contributed by atoms with van der Waals surface area (Å²) >= 11 is 5.78. The Morgan fingerprint density at radius 1 is 1.17 bits per heavy atom. The van der Waals surface area contributed by atoms with Crippen LogP contribution in [0.15, 0.2) is 18.2 Å². The van der Waals surface area contributed by atoms with Gasteiger partial charge in [0.1, 0.15) is 0 Å². The number of benzene rings is 1. The second kappa shape index (κ2) is 5.18. The Balaban J connectivity index is 2.33. The van der Waals surface area contributed by atoms with E-state index in [0.717, 1.165) is 16.8 Å². The molecule has 0 aliphatic carbocycles. The van der Waals surface area contributed by atoms with Gasteiger partial charge in [-0.25, -0.2) is 0 Å². The minimum absolute atomic E-state index is 0.0923. The Kier molecular flexibility index (Phi) is 3.62. The van der Waals surface area contributed by atoms with Crippen molar-refractivity contribution in [3.05, 3.63) is 34.6 Å². The molecule has 0 amide bonds. The Hall–Kier alpha value is -1.88. The Bertz CT molecular complexity index is 574. The highest BCUT2D eigenvalue weighted by atomic mass is 35.5. The molecule has 18 heavy (non-hydrogen) atoms. The molecule has 1 heterocycles. The first-order valence-electron chi connectivity index (χ1n) is 5.38. The minimum Gasteiger partial charge on any atom is -0.467 e. The van der Waals surface area contributed by atoms with E-state index in [1.807, 2.05) is 32.0 Å². The summed E-state index contributed by atoms with van der Waals surface area (Å²) in [4.78, 5) is 11.9. The smallest absolute Gasteiger partial charge is 0.322 e. The first-order valence-corrected chi connectivity index (χ1v) is 5.76. The maximum absolute atomic E-state index is 5.78. The van der Waals surface area contributed by atoms with Gasteiger partial charge in [-0.1, -0.05) is 12.1 Å². The number of methoxy groups -OCH3 is 1. The van der Waals surface area contributed by atoms with E-state index in [4.69, 9.17) is 16.3 Å². The quantitative estimate of drug-likeness (QED) is 0.924. The lowest BCUT2D eigenvalue weighted by atomic mass is 10.1. The van der Waals surface area contributed by atoms with Crippen LogP contribution in [0.4, 0.5) is 11.6 Å². The number of rotatable bonds is 3. The Morgan fingerprint density at radius 3 is 2.67 bits per heavy atom. The van der Waals surface area contributed by atoms with Gasteiger partial charge in [-0.3, -0.25) is 0 Å². The summed E-state index contributed by atoms with van der Waals surface area (Å²) in [6, 6.07) is 6.27. The SMILES string of the molecule is COc1nc(Cl)nc(Nc2cc(C)ccc2C)n1. The maximum Gasteiger partial charge on any atom is 0.322 e. The molecule has 0 unspecified atom stereocenters. The normalized spacial score (nSPS) is 10.2. The zero-order chi connectivity index (χ0) is 13.1. The fourth-order valence-corrected chi connectivity index (χ4v) is 1.62. The van der Waals surface area contributed by atoms with Gasteiger partial charge in [0.05, 0.1) is 7.11 Å². The van der Waals surface area contributed by atoms with Crippen molar-refractivity contribution in [2.45, 2.75) is 13.8 Å². The van der Waals surface area contributed by atoms with E-state index in [-0.39, 0.29) is 11.3 Å². The molecule has 0 saturated carbocycles. The Labute approximate surface area is 110 Å². The molecule has 0 aliphatic heterocycles. The van der Waals surface area contributed by atoms with Gasteiger partial charge in [0.25, 0.3) is 0 Å². The largest absolute Gasteiger partial charge is 0.467 e. The van der Waals surface area contributed by atoms with Gasteiger partial charge in [0.15, 0.2) is 0 Å². The summed E-state index contributed by atoms with van der Waals surface area (Å²) in [7, 11) is 1.48. The number of ether oxygens (including phenoxy) is 1. The van der Waals surface area contributed by atoms with Crippen molar-refractivity contribution in [1.29, 1.82) is 0 Å². The highest BCUT2D eigenvalue weighted by molar-refractivity contribution is 6.28. The number of nitrogens with zero attached hydrogens (tertiary/aromatic N) is 3. The fraction of sp³-hybridized carbons (Fsp3) is 0.250. The highest BCUT2D eigenvalue weighted by Gasteiger charge is 2.06. The van der Waals surface area contributed by atoms with Crippen LogP contribution in [0, 0.1) is 13.8 Å². The molecule has 0 fully saturated rings. The van der Waals surface area contributed by atoms with Gasteiger partial charge < -0.3 is 10.1 Å². The van der Waals surface area contributed by atoms with E-state index < -0.39 is 0 Å². The van der Waals surface area contributed by atoms with Gasteiger partial charge in [0, 0.05) is 5.69 Å². The van der Waals surface area contributed by atoms with Gasteiger partial charge >= 0.3 is 6.01 Å². The van der Waals surface area contributed by atoms with Crippen molar-refractivity contribution in [2.75, 3.05) is 12.4 Å². The summed E-state index contributed by atoms with van der Waals surface area (Å²) < 4.78 is 4.94. The number of hydrogen-bond acceptors (Lipinski definition) is 5. The summed E-state index contributed by atoms with van der Waals surface area (Å²) in [6.07, 6.45) is 0.